The molecule has 0 saturated heterocycles. The zero-order chi connectivity index (χ0) is 19.6. The average Bonchev–Trinajstić information content (AvgIpc) is 2.48. The van der Waals surface area contributed by atoms with Crippen LogP contribution in [0, 0.1) is 5.92 Å². The number of nitrogens with one attached hydrogen (secondary N) is 2. The van der Waals surface area contributed by atoms with Crippen molar-refractivity contribution in [3.8, 4) is 0 Å². The number of alkyl carbamates (subject to hydrolysis) is 1. The summed E-state index contributed by atoms with van der Waals surface area (Å²) >= 11 is 0. The highest BCUT2D eigenvalue weighted by Crippen LogP contribution is 2.10. The van der Waals surface area contributed by atoms with E-state index >= 15 is 0 Å². The molecule has 0 aromatic rings. The number of carbonyl (C=O) groups excluding carboxylic acids is 3. The van der Waals surface area contributed by atoms with E-state index in [-0.39, 0.29) is 5.92 Å². The van der Waals surface area contributed by atoms with Crippen molar-refractivity contribution >= 4 is 18.0 Å². The van der Waals surface area contributed by atoms with Crippen molar-refractivity contribution in [3.63, 3.8) is 0 Å². The third kappa shape index (κ3) is 9.91. The van der Waals surface area contributed by atoms with Gasteiger partial charge in [-0.1, -0.05) is 13.8 Å². The van der Waals surface area contributed by atoms with Crippen molar-refractivity contribution < 1.29 is 23.9 Å². The van der Waals surface area contributed by atoms with Crippen LogP contribution in [-0.2, 0) is 19.1 Å². The number of hydrogen-bond acceptors (Lipinski definition) is 6. The summed E-state index contributed by atoms with van der Waals surface area (Å²) in [6.45, 7) is 9.31. The molecule has 2 atom stereocenters. The molecule has 0 bridgehead atoms. The molecule has 146 valence electrons. The minimum atomic E-state index is -0.823. The van der Waals surface area contributed by atoms with Crippen molar-refractivity contribution in [2.75, 3.05) is 13.7 Å². The average molecular weight is 359 g/mol. The van der Waals surface area contributed by atoms with Gasteiger partial charge in [0.25, 0.3) is 0 Å². The first kappa shape index (κ1) is 23.2. The minimum Gasteiger partial charge on any atom is -0.467 e. The van der Waals surface area contributed by atoms with Gasteiger partial charge in [-0.3, -0.25) is 4.79 Å². The van der Waals surface area contributed by atoms with Gasteiger partial charge in [0.15, 0.2) is 0 Å². The van der Waals surface area contributed by atoms with Crippen LogP contribution in [0.4, 0.5) is 4.79 Å². The number of carbonyl (C=O) groups is 3. The quantitative estimate of drug-likeness (QED) is 0.422. The van der Waals surface area contributed by atoms with E-state index in [4.69, 9.17) is 15.2 Å². The Kier molecular flexibility index (Phi) is 10.1. The zero-order valence-electron chi connectivity index (χ0n) is 16.2. The molecule has 0 rings (SSSR count). The molecule has 4 N–H and O–H groups in total. The lowest BCUT2D eigenvalue weighted by Crippen LogP contribution is -2.54. The summed E-state index contributed by atoms with van der Waals surface area (Å²) in [5.74, 6) is -1.16. The normalized spacial score (nSPS) is 13.8. The lowest BCUT2D eigenvalue weighted by atomic mass is 10.0. The fourth-order valence-corrected chi connectivity index (χ4v) is 2.11. The van der Waals surface area contributed by atoms with Gasteiger partial charge in [0, 0.05) is 0 Å². The molecule has 0 saturated carbocycles. The molecule has 25 heavy (non-hydrogen) atoms. The van der Waals surface area contributed by atoms with Crippen LogP contribution in [0.5, 0.6) is 0 Å². The molecule has 0 heterocycles. The highest BCUT2D eigenvalue weighted by Gasteiger charge is 2.30. The maximum atomic E-state index is 12.5. The highest BCUT2D eigenvalue weighted by molar-refractivity contribution is 5.89. The Morgan fingerprint density at radius 3 is 2.12 bits per heavy atom. The Balaban J connectivity index is 4.93. The van der Waals surface area contributed by atoms with Gasteiger partial charge in [0.05, 0.1) is 7.11 Å². The van der Waals surface area contributed by atoms with Gasteiger partial charge in [-0.25, -0.2) is 9.59 Å². The number of hydrogen-bond donors (Lipinski definition) is 3. The van der Waals surface area contributed by atoms with E-state index in [2.05, 4.69) is 10.6 Å². The second-order valence-electron chi connectivity index (χ2n) is 7.24. The van der Waals surface area contributed by atoms with Crippen LogP contribution >= 0.6 is 0 Å². The molecule has 0 fully saturated rings. The van der Waals surface area contributed by atoms with Crippen LogP contribution in [0.15, 0.2) is 0 Å². The third-order valence-electron chi connectivity index (χ3n) is 3.37. The summed E-state index contributed by atoms with van der Waals surface area (Å²) < 4.78 is 9.92. The Bertz CT molecular complexity index is 446. The van der Waals surface area contributed by atoms with Gasteiger partial charge >= 0.3 is 12.1 Å². The van der Waals surface area contributed by atoms with E-state index < -0.39 is 35.7 Å². The molecule has 0 aliphatic carbocycles. The molecule has 8 heteroatoms. The van der Waals surface area contributed by atoms with E-state index in [0.29, 0.717) is 19.4 Å². The monoisotopic (exact) mass is 359 g/mol. The lowest BCUT2D eigenvalue weighted by molar-refractivity contribution is -0.145. The van der Waals surface area contributed by atoms with Crippen LogP contribution in [0.25, 0.3) is 0 Å². The Labute approximate surface area is 150 Å². The molecule has 8 nitrogen and oxygen atoms in total. The SMILES string of the molecule is COC(=O)[C@H](CCCCN)NC(=O)[C@@H](NC(=O)OC(C)(C)C)C(C)C. The molecule has 0 spiro atoms. The van der Waals surface area contributed by atoms with E-state index in [9.17, 15) is 14.4 Å². The first-order valence-corrected chi connectivity index (χ1v) is 8.59. The van der Waals surface area contributed by atoms with E-state index in [1.54, 1.807) is 34.6 Å². The smallest absolute Gasteiger partial charge is 0.408 e. The van der Waals surface area contributed by atoms with E-state index in [1.807, 2.05) is 0 Å². The van der Waals surface area contributed by atoms with E-state index in [0.717, 1.165) is 6.42 Å². The predicted molar refractivity (Wildman–Crippen MR) is 94.8 cm³/mol. The predicted octanol–water partition coefficient (Wildman–Crippen LogP) is 1.32. The second-order valence-corrected chi connectivity index (χ2v) is 7.24. The molecule has 0 aliphatic rings. The summed E-state index contributed by atoms with van der Waals surface area (Å²) in [6.07, 6.45) is 1.17. The van der Waals surface area contributed by atoms with Crippen molar-refractivity contribution in [1.82, 2.24) is 10.6 Å². The number of rotatable bonds is 9. The first-order valence-electron chi connectivity index (χ1n) is 8.59. The van der Waals surface area contributed by atoms with Crippen molar-refractivity contribution in [2.45, 2.75) is 71.6 Å². The molecule has 0 aliphatic heterocycles. The molecular weight excluding hydrogens is 326 g/mol. The summed E-state index contributed by atoms with van der Waals surface area (Å²) in [6, 6.07) is -1.60. The van der Waals surface area contributed by atoms with Gasteiger partial charge in [-0.15, -0.1) is 0 Å². The maximum absolute atomic E-state index is 12.5. The molecule has 0 unspecified atom stereocenters. The molecule has 0 radical (unpaired) electrons. The summed E-state index contributed by atoms with van der Waals surface area (Å²) in [4.78, 5) is 36.3. The molecule has 0 aromatic carbocycles. The molecule has 0 aromatic heterocycles. The molecule has 2 amide bonds. The minimum absolute atomic E-state index is 0.185. The van der Waals surface area contributed by atoms with Crippen molar-refractivity contribution in [2.24, 2.45) is 11.7 Å². The lowest BCUT2D eigenvalue weighted by Gasteiger charge is -2.26. The van der Waals surface area contributed by atoms with Gasteiger partial charge in [-0.05, 0) is 52.5 Å². The number of amides is 2. The molecular formula is C17H33N3O5. The summed E-state index contributed by atoms with van der Waals surface area (Å²) in [7, 11) is 1.27. The van der Waals surface area contributed by atoms with Crippen LogP contribution in [0.2, 0.25) is 0 Å². The van der Waals surface area contributed by atoms with Crippen LogP contribution < -0.4 is 16.4 Å². The van der Waals surface area contributed by atoms with Gasteiger partial charge in [0.1, 0.15) is 17.7 Å². The number of esters is 1. The maximum Gasteiger partial charge on any atom is 0.408 e. The summed E-state index contributed by atoms with van der Waals surface area (Å²) in [5, 5.41) is 5.21. The third-order valence-corrected chi connectivity index (χ3v) is 3.37. The Hall–Kier alpha value is -1.83. The van der Waals surface area contributed by atoms with Gasteiger partial charge in [0.2, 0.25) is 5.91 Å². The zero-order valence-corrected chi connectivity index (χ0v) is 16.2. The number of methoxy groups -OCH3 is 1. The topological polar surface area (TPSA) is 120 Å². The van der Waals surface area contributed by atoms with Crippen molar-refractivity contribution in [3.05, 3.63) is 0 Å². The first-order chi connectivity index (χ1) is 11.5. The summed E-state index contributed by atoms with van der Waals surface area (Å²) in [5.41, 5.74) is 4.79. The van der Waals surface area contributed by atoms with Gasteiger partial charge in [-0.2, -0.15) is 0 Å². The van der Waals surface area contributed by atoms with Gasteiger partial charge < -0.3 is 25.8 Å². The van der Waals surface area contributed by atoms with E-state index in [1.165, 1.54) is 7.11 Å². The number of unbranched alkanes of at least 4 members (excludes halogenated alkanes) is 1. The van der Waals surface area contributed by atoms with Crippen LogP contribution in [0.1, 0.15) is 53.9 Å². The fraction of sp³-hybridized carbons (Fsp3) is 0.824. The second kappa shape index (κ2) is 10.9. The van der Waals surface area contributed by atoms with Crippen LogP contribution in [-0.4, -0.2) is 49.3 Å². The highest BCUT2D eigenvalue weighted by atomic mass is 16.6. The fourth-order valence-electron chi connectivity index (χ4n) is 2.11. The number of nitrogens with two attached hydrogens (primary N) is 1. The Morgan fingerprint density at radius 2 is 1.68 bits per heavy atom. The van der Waals surface area contributed by atoms with Crippen LogP contribution in [0.3, 0.4) is 0 Å². The Morgan fingerprint density at radius 1 is 1.08 bits per heavy atom. The standard InChI is InChI=1S/C17H33N3O5/c1-11(2)13(20-16(23)25-17(3,4)5)14(21)19-12(15(22)24-6)9-7-8-10-18/h11-13H,7-10,18H2,1-6H3,(H,19,21)(H,20,23)/t12-,13-/m0/s1. The number of ether oxygens (including phenoxy) is 2. The van der Waals surface area contributed by atoms with Crippen molar-refractivity contribution in [1.29, 1.82) is 0 Å². The largest absolute Gasteiger partial charge is 0.467 e.